The van der Waals surface area contributed by atoms with Crippen molar-refractivity contribution in [3.8, 4) is 11.6 Å². The number of ether oxygens (including phenoxy) is 2. The number of esters is 2. The first-order valence-electron chi connectivity index (χ1n) is 8.11. The van der Waals surface area contributed by atoms with Crippen molar-refractivity contribution in [3.63, 3.8) is 0 Å². The predicted octanol–water partition coefficient (Wildman–Crippen LogP) is 3.55. The van der Waals surface area contributed by atoms with E-state index in [1.165, 1.54) is 25.4 Å². The third-order valence-electron chi connectivity index (χ3n) is 3.37. The van der Waals surface area contributed by atoms with Crippen LogP contribution in [0.15, 0.2) is 72.0 Å². The van der Waals surface area contributed by atoms with Crippen LogP contribution in [0.25, 0.3) is 0 Å². The highest BCUT2D eigenvalue weighted by Crippen LogP contribution is 2.28. The molecular formula is C20H14N2O5S. The van der Waals surface area contributed by atoms with E-state index in [1.807, 2.05) is 0 Å². The molecule has 8 heteroatoms. The van der Waals surface area contributed by atoms with Gasteiger partial charge in [0.25, 0.3) is 0 Å². The molecule has 0 fully saturated rings. The molecule has 0 atom stereocenters. The predicted molar refractivity (Wildman–Crippen MR) is 101 cm³/mol. The number of aromatic nitrogens is 2. The number of para-hydroxylation sites is 1. The molecule has 0 amide bonds. The fraction of sp³-hybridized carbons (Fsp3) is 0.0500. The lowest BCUT2D eigenvalue weighted by atomic mass is 10.2. The number of carbonyl (C=O) groups is 3. The van der Waals surface area contributed by atoms with E-state index in [2.05, 4.69) is 9.97 Å². The number of carbonyl (C=O) groups excluding carboxylic acids is 3. The van der Waals surface area contributed by atoms with Gasteiger partial charge in [-0.3, -0.25) is 14.6 Å². The van der Waals surface area contributed by atoms with E-state index in [4.69, 9.17) is 9.47 Å². The number of pyridine rings is 2. The molecule has 28 heavy (non-hydrogen) atoms. The summed E-state index contributed by atoms with van der Waals surface area (Å²) in [7, 11) is 0. The lowest BCUT2D eigenvalue weighted by Gasteiger charge is -2.08. The Kier molecular flexibility index (Phi) is 6.13. The summed E-state index contributed by atoms with van der Waals surface area (Å²) in [6.45, 7) is 1.27. The van der Waals surface area contributed by atoms with Crippen LogP contribution >= 0.6 is 11.8 Å². The molecule has 2 aromatic heterocycles. The fourth-order valence-corrected chi connectivity index (χ4v) is 2.90. The molecular weight excluding hydrogens is 380 g/mol. The lowest BCUT2D eigenvalue weighted by molar-refractivity contribution is -0.131. The van der Waals surface area contributed by atoms with E-state index in [1.54, 1.807) is 48.7 Å². The summed E-state index contributed by atoms with van der Waals surface area (Å²) >= 11 is 0.919. The molecule has 0 aliphatic heterocycles. The third kappa shape index (κ3) is 5.01. The van der Waals surface area contributed by atoms with Gasteiger partial charge in [0.2, 0.25) is 11.0 Å². The second kappa shape index (κ2) is 8.92. The molecule has 140 valence electrons. The van der Waals surface area contributed by atoms with Gasteiger partial charge in [-0.25, -0.2) is 9.78 Å². The van der Waals surface area contributed by atoms with Gasteiger partial charge in [0.15, 0.2) is 0 Å². The highest BCUT2D eigenvalue weighted by molar-refractivity contribution is 8.14. The lowest BCUT2D eigenvalue weighted by Crippen LogP contribution is -2.09. The minimum Gasteiger partial charge on any atom is -0.426 e. The zero-order chi connectivity index (χ0) is 19.9. The van der Waals surface area contributed by atoms with Crippen molar-refractivity contribution in [2.45, 2.75) is 11.8 Å². The Morgan fingerprint density at radius 3 is 2.43 bits per heavy atom. The van der Waals surface area contributed by atoms with Crippen molar-refractivity contribution in [1.29, 1.82) is 0 Å². The van der Waals surface area contributed by atoms with Crippen LogP contribution in [0.3, 0.4) is 0 Å². The van der Waals surface area contributed by atoms with Crippen molar-refractivity contribution in [3.05, 3.63) is 78.2 Å². The van der Waals surface area contributed by atoms with Crippen LogP contribution in [0.2, 0.25) is 0 Å². The monoisotopic (exact) mass is 394 g/mol. The van der Waals surface area contributed by atoms with Crippen LogP contribution < -0.4 is 9.47 Å². The molecule has 0 spiro atoms. The number of hydrogen-bond donors (Lipinski definition) is 0. The quantitative estimate of drug-likeness (QED) is 0.368. The van der Waals surface area contributed by atoms with E-state index >= 15 is 0 Å². The fourth-order valence-electron chi connectivity index (χ4n) is 2.17. The van der Waals surface area contributed by atoms with E-state index in [-0.39, 0.29) is 22.3 Å². The van der Waals surface area contributed by atoms with Gasteiger partial charge in [-0.2, -0.15) is 0 Å². The molecule has 0 saturated heterocycles. The summed E-state index contributed by atoms with van der Waals surface area (Å²) in [6.07, 6.45) is 4.37. The van der Waals surface area contributed by atoms with Gasteiger partial charge in [-0.1, -0.05) is 12.1 Å². The largest absolute Gasteiger partial charge is 0.426 e. The normalized spacial score (nSPS) is 10.2. The number of thioether (sulfide) groups is 1. The van der Waals surface area contributed by atoms with E-state index < -0.39 is 11.9 Å². The minimum atomic E-state index is -0.576. The highest BCUT2D eigenvalue weighted by atomic mass is 32.2. The Bertz CT molecular complexity index is 1010. The Hall–Kier alpha value is -3.52. The molecule has 0 unspecified atom stereocenters. The van der Waals surface area contributed by atoms with Crippen molar-refractivity contribution in [2.24, 2.45) is 0 Å². The van der Waals surface area contributed by atoms with Crippen molar-refractivity contribution in [1.82, 2.24) is 9.97 Å². The van der Waals surface area contributed by atoms with E-state index in [0.29, 0.717) is 10.5 Å². The number of hydrogen-bond acceptors (Lipinski definition) is 8. The smallest absolute Gasteiger partial charge is 0.346 e. The van der Waals surface area contributed by atoms with Gasteiger partial charge in [0.1, 0.15) is 5.75 Å². The minimum absolute atomic E-state index is 0.103. The van der Waals surface area contributed by atoms with Crippen LogP contribution in [0.5, 0.6) is 11.6 Å². The van der Waals surface area contributed by atoms with Crippen molar-refractivity contribution < 1.29 is 23.9 Å². The van der Waals surface area contributed by atoms with Crippen LogP contribution in [0, 0.1) is 0 Å². The Balaban J connectivity index is 1.67. The van der Waals surface area contributed by atoms with E-state index in [9.17, 15) is 14.4 Å². The zero-order valence-corrected chi connectivity index (χ0v) is 15.5. The second-order valence-corrected chi connectivity index (χ2v) is 6.49. The molecule has 0 N–H and O–H groups in total. The molecule has 0 saturated carbocycles. The van der Waals surface area contributed by atoms with Gasteiger partial charge < -0.3 is 9.47 Å². The summed E-state index contributed by atoms with van der Waals surface area (Å²) in [6, 6.07) is 12.8. The molecule has 0 radical (unpaired) electrons. The summed E-state index contributed by atoms with van der Waals surface area (Å²) in [5, 5.41) is -0.307. The van der Waals surface area contributed by atoms with Gasteiger partial charge in [-0.15, -0.1) is 0 Å². The summed E-state index contributed by atoms with van der Waals surface area (Å²) in [5.74, 6) is -0.785. The summed E-state index contributed by atoms with van der Waals surface area (Å²) < 4.78 is 10.2. The van der Waals surface area contributed by atoms with E-state index in [0.717, 1.165) is 11.8 Å². The number of nitrogens with zero attached hydrogens (tertiary/aromatic N) is 2. The molecule has 3 rings (SSSR count). The molecule has 0 aliphatic carbocycles. The van der Waals surface area contributed by atoms with Gasteiger partial charge in [0.05, 0.1) is 11.1 Å². The first-order chi connectivity index (χ1) is 13.5. The number of rotatable bonds is 5. The summed E-state index contributed by atoms with van der Waals surface area (Å²) in [4.78, 5) is 44.1. The molecule has 0 aliphatic rings. The van der Waals surface area contributed by atoms with Crippen LogP contribution in [0.1, 0.15) is 27.6 Å². The maximum absolute atomic E-state index is 12.5. The highest BCUT2D eigenvalue weighted by Gasteiger charge is 2.16. The molecule has 2 heterocycles. The van der Waals surface area contributed by atoms with Gasteiger partial charge in [-0.05, 0) is 42.1 Å². The summed E-state index contributed by atoms with van der Waals surface area (Å²) in [5.41, 5.74) is 0.579. The van der Waals surface area contributed by atoms with Gasteiger partial charge in [0, 0.05) is 36.5 Å². The van der Waals surface area contributed by atoms with Crippen molar-refractivity contribution >= 4 is 28.8 Å². The van der Waals surface area contributed by atoms with Gasteiger partial charge >= 0.3 is 11.9 Å². The maximum Gasteiger partial charge on any atom is 0.346 e. The maximum atomic E-state index is 12.5. The molecule has 0 bridgehead atoms. The average molecular weight is 394 g/mol. The SMILES string of the molecule is CC(=O)Oc1ccccc1C(=O)Sc1ccc(OC(=O)c2cccnc2)nc1. The first kappa shape index (κ1) is 19.2. The zero-order valence-electron chi connectivity index (χ0n) is 14.7. The van der Waals surface area contributed by atoms with Crippen molar-refractivity contribution in [2.75, 3.05) is 0 Å². The first-order valence-corrected chi connectivity index (χ1v) is 8.92. The Morgan fingerprint density at radius 1 is 0.929 bits per heavy atom. The van der Waals surface area contributed by atoms with Crippen LogP contribution in [0.4, 0.5) is 0 Å². The second-order valence-electron chi connectivity index (χ2n) is 5.44. The molecule has 7 nitrogen and oxygen atoms in total. The average Bonchev–Trinajstić information content (AvgIpc) is 2.70. The standard InChI is InChI=1S/C20H14N2O5S/c1-13(23)26-17-7-3-2-6-16(17)20(25)28-15-8-9-18(22-12-15)27-19(24)14-5-4-10-21-11-14/h2-12H,1H3. The molecule has 1 aromatic carbocycles. The Morgan fingerprint density at radius 2 is 1.75 bits per heavy atom. The van der Waals surface area contributed by atoms with Crippen LogP contribution in [-0.2, 0) is 4.79 Å². The molecule has 3 aromatic rings. The topological polar surface area (TPSA) is 95.5 Å². The third-order valence-corrected chi connectivity index (χ3v) is 4.26. The number of benzene rings is 1. The van der Waals surface area contributed by atoms with Crippen LogP contribution in [-0.4, -0.2) is 27.0 Å². The Labute approximate surface area is 164 Å².